The Morgan fingerprint density at radius 2 is 2.00 bits per heavy atom. The first-order chi connectivity index (χ1) is 12.0. The molecular weight excluding hydrogens is 318 g/mol. The number of benzene rings is 1. The van der Waals surface area contributed by atoms with Crippen molar-refractivity contribution in [2.45, 2.75) is 58.0 Å². The maximum atomic E-state index is 12.7. The van der Waals surface area contributed by atoms with Gasteiger partial charge in [-0.3, -0.25) is 14.5 Å². The van der Waals surface area contributed by atoms with Crippen molar-refractivity contribution in [3.05, 3.63) is 29.8 Å². The van der Waals surface area contributed by atoms with Crippen molar-refractivity contribution < 1.29 is 19.4 Å². The van der Waals surface area contributed by atoms with Crippen LogP contribution < -0.4 is 4.74 Å². The summed E-state index contributed by atoms with van der Waals surface area (Å²) >= 11 is 0. The van der Waals surface area contributed by atoms with Crippen molar-refractivity contribution >= 4 is 11.8 Å². The van der Waals surface area contributed by atoms with Crippen molar-refractivity contribution in [3.63, 3.8) is 0 Å². The van der Waals surface area contributed by atoms with Crippen LogP contribution in [0.4, 0.5) is 0 Å². The number of aryl methyl sites for hydroxylation is 1. The SMILES string of the molecule is CCc1cccc(OCC(O)CN2C(=O)CC3(CCCCC3)C2=O)c1. The lowest BCUT2D eigenvalue weighted by atomic mass is 9.73. The van der Waals surface area contributed by atoms with Crippen LogP contribution in [0, 0.1) is 5.41 Å². The number of hydrogen-bond acceptors (Lipinski definition) is 4. The molecule has 1 aliphatic carbocycles. The average Bonchev–Trinajstić information content (AvgIpc) is 2.85. The normalized spacial score (nSPS) is 21.0. The molecule has 5 heteroatoms. The third-order valence-corrected chi connectivity index (χ3v) is 5.44. The molecule has 1 aromatic rings. The van der Waals surface area contributed by atoms with Crippen LogP contribution in [0.25, 0.3) is 0 Å². The molecule has 0 radical (unpaired) electrons. The Hall–Kier alpha value is -1.88. The van der Waals surface area contributed by atoms with Gasteiger partial charge in [-0.25, -0.2) is 0 Å². The lowest BCUT2D eigenvalue weighted by Crippen LogP contribution is -2.42. The summed E-state index contributed by atoms with van der Waals surface area (Å²) < 4.78 is 5.63. The number of rotatable bonds is 6. The zero-order valence-electron chi connectivity index (χ0n) is 14.9. The minimum Gasteiger partial charge on any atom is -0.491 e. The Balaban J connectivity index is 1.56. The fourth-order valence-electron chi connectivity index (χ4n) is 3.98. The lowest BCUT2D eigenvalue weighted by Gasteiger charge is -2.30. The van der Waals surface area contributed by atoms with E-state index in [0.717, 1.165) is 44.1 Å². The van der Waals surface area contributed by atoms with Gasteiger partial charge in [0.15, 0.2) is 0 Å². The minimum atomic E-state index is -0.878. The zero-order chi connectivity index (χ0) is 17.9. The van der Waals surface area contributed by atoms with E-state index in [0.29, 0.717) is 12.2 Å². The predicted molar refractivity (Wildman–Crippen MR) is 94.2 cm³/mol. The monoisotopic (exact) mass is 345 g/mol. The van der Waals surface area contributed by atoms with E-state index in [-0.39, 0.29) is 25.0 Å². The Morgan fingerprint density at radius 1 is 1.24 bits per heavy atom. The number of β-amino-alcohol motifs (C(OH)–C–C–N with tert-alkyl or cyclic N) is 1. The molecule has 0 bridgehead atoms. The lowest BCUT2D eigenvalue weighted by molar-refractivity contribution is -0.144. The third-order valence-electron chi connectivity index (χ3n) is 5.44. The largest absolute Gasteiger partial charge is 0.491 e. The molecule has 2 fully saturated rings. The Bertz CT molecular complexity index is 636. The van der Waals surface area contributed by atoms with Crippen molar-refractivity contribution in [1.82, 2.24) is 4.90 Å². The third kappa shape index (κ3) is 3.87. The molecule has 1 saturated carbocycles. The maximum absolute atomic E-state index is 12.7. The molecule has 2 aliphatic rings. The van der Waals surface area contributed by atoms with Gasteiger partial charge >= 0.3 is 0 Å². The molecule has 3 rings (SSSR count). The maximum Gasteiger partial charge on any atom is 0.235 e. The van der Waals surface area contributed by atoms with Crippen LogP contribution in [0.5, 0.6) is 5.75 Å². The molecule has 1 atom stereocenters. The summed E-state index contributed by atoms with van der Waals surface area (Å²) in [6.07, 6.45) is 5.08. The molecule has 1 aliphatic heterocycles. The number of aliphatic hydroxyl groups excluding tert-OH is 1. The highest BCUT2D eigenvalue weighted by molar-refractivity contribution is 6.05. The molecule has 1 aromatic carbocycles. The van der Waals surface area contributed by atoms with Gasteiger partial charge in [0.2, 0.25) is 11.8 Å². The summed E-state index contributed by atoms with van der Waals surface area (Å²) in [6, 6.07) is 7.72. The van der Waals surface area contributed by atoms with Gasteiger partial charge in [0.25, 0.3) is 0 Å². The van der Waals surface area contributed by atoms with Crippen LogP contribution in [0.3, 0.4) is 0 Å². The summed E-state index contributed by atoms with van der Waals surface area (Å²) in [4.78, 5) is 26.3. The van der Waals surface area contributed by atoms with Gasteiger partial charge in [0.1, 0.15) is 18.5 Å². The Kier molecular flexibility index (Phi) is 5.42. The van der Waals surface area contributed by atoms with E-state index in [1.165, 1.54) is 4.90 Å². The molecule has 1 heterocycles. The van der Waals surface area contributed by atoms with Gasteiger partial charge in [0, 0.05) is 6.42 Å². The van der Waals surface area contributed by atoms with Crippen LogP contribution >= 0.6 is 0 Å². The smallest absolute Gasteiger partial charge is 0.235 e. The highest BCUT2D eigenvalue weighted by Crippen LogP contribution is 2.45. The fraction of sp³-hybridized carbons (Fsp3) is 0.600. The number of ether oxygens (including phenoxy) is 1. The van der Waals surface area contributed by atoms with Crippen LogP contribution in [-0.2, 0) is 16.0 Å². The van der Waals surface area contributed by atoms with E-state index >= 15 is 0 Å². The number of imide groups is 1. The van der Waals surface area contributed by atoms with Gasteiger partial charge < -0.3 is 9.84 Å². The molecule has 2 amide bonds. The number of amides is 2. The van der Waals surface area contributed by atoms with Crippen molar-refractivity contribution in [1.29, 1.82) is 0 Å². The van der Waals surface area contributed by atoms with Crippen molar-refractivity contribution in [2.24, 2.45) is 5.41 Å². The second-order valence-electron chi connectivity index (χ2n) is 7.29. The Morgan fingerprint density at radius 3 is 2.72 bits per heavy atom. The van der Waals surface area contributed by atoms with E-state index in [2.05, 4.69) is 6.92 Å². The van der Waals surface area contributed by atoms with Crippen LogP contribution in [0.1, 0.15) is 51.0 Å². The molecule has 136 valence electrons. The molecule has 1 unspecified atom stereocenters. The number of likely N-dealkylation sites (tertiary alicyclic amines) is 1. The predicted octanol–water partition coefficient (Wildman–Crippen LogP) is 2.70. The summed E-state index contributed by atoms with van der Waals surface area (Å²) in [5.41, 5.74) is 0.668. The average molecular weight is 345 g/mol. The van der Waals surface area contributed by atoms with Gasteiger partial charge in [-0.15, -0.1) is 0 Å². The second-order valence-corrected chi connectivity index (χ2v) is 7.29. The standard InChI is InChI=1S/C20H27NO4/c1-2-15-7-6-8-17(11-15)25-14-16(22)13-21-18(23)12-20(19(21)24)9-4-3-5-10-20/h6-8,11,16,22H,2-5,9-10,12-14H2,1H3. The zero-order valence-corrected chi connectivity index (χ0v) is 14.9. The van der Waals surface area contributed by atoms with Crippen molar-refractivity contribution in [2.75, 3.05) is 13.2 Å². The van der Waals surface area contributed by atoms with Gasteiger partial charge in [-0.05, 0) is 37.0 Å². The number of hydrogen-bond donors (Lipinski definition) is 1. The highest BCUT2D eigenvalue weighted by atomic mass is 16.5. The molecule has 1 spiro atoms. The van der Waals surface area contributed by atoms with E-state index < -0.39 is 11.5 Å². The van der Waals surface area contributed by atoms with E-state index in [9.17, 15) is 14.7 Å². The summed E-state index contributed by atoms with van der Waals surface area (Å²) in [5, 5.41) is 10.2. The molecular formula is C20H27NO4. The van der Waals surface area contributed by atoms with Gasteiger partial charge in [-0.2, -0.15) is 0 Å². The second kappa shape index (κ2) is 7.56. The minimum absolute atomic E-state index is 0.0207. The fourth-order valence-corrected chi connectivity index (χ4v) is 3.98. The van der Waals surface area contributed by atoms with E-state index in [1.807, 2.05) is 24.3 Å². The number of nitrogens with zero attached hydrogens (tertiary/aromatic N) is 1. The Labute approximate surface area is 149 Å². The number of carbonyl (C=O) groups excluding carboxylic acids is 2. The summed E-state index contributed by atoms with van der Waals surface area (Å²) in [6.45, 7) is 2.16. The molecule has 1 saturated heterocycles. The van der Waals surface area contributed by atoms with Crippen molar-refractivity contribution in [3.8, 4) is 5.75 Å². The molecule has 1 N–H and O–H groups in total. The topological polar surface area (TPSA) is 66.8 Å². The summed E-state index contributed by atoms with van der Waals surface area (Å²) in [7, 11) is 0. The van der Waals surface area contributed by atoms with Crippen LogP contribution in [-0.4, -0.2) is 41.1 Å². The van der Waals surface area contributed by atoms with E-state index in [1.54, 1.807) is 0 Å². The first kappa shape index (κ1) is 17.9. The molecule has 5 nitrogen and oxygen atoms in total. The molecule has 25 heavy (non-hydrogen) atoms. The van der Waals surface area contributed by atoms with E-state index in [4.69, 9.17) is 4.74 Å². The van der Waals surface area contributed by atoms with Gasteiger partial charge in [0.05, 0.1) is 12.0 Å². The van der Waals surface area contributed by atoms with Crippen LogP contribution in [0.2, 0.25) is 0 Å². The number of aliphatic hydroxyl groups is 1. The molecule has 0 aromatic heterocycles. The summed E-state index contributed by atoms with van der Waals surface area (Å²) in [5.74, 6) is 0.449. The van der Waals surface area contributed by atoms with Crippen LogP contribution in [0.15, 0.2) is 24.3 Å². The number of carbonyl (C=O) groups is 2. The highest BCUT2D eigenvalue weighted by Gasteiger charge is 2.51. The first-order valence-corrected chi connectivity index (χ1v) is 9.29. The first-order valence-electron chi connectivity index (χ1n) is 9.29. The quantitative estimate of drug-likeness (QED) is 0.805. The van der Waals surface area contributed by atoms with Gasteiger partial charge in [-0.1, -0.05) is 38.3 Å².